The van der Waals surface area contributed by atoms with Gasteiger partial charge in [0.15, 0.2) is 11.6 Å². The summed E-state index contributed by atoms with van der Waals surface area (Å²) in [4.78, 5) is 40.9. The van der Waals surface area contributed by atoms with E-state index in [9.17, 15) is 23.2 Å². The molecule has 24 heavy (non-hydrogen) atoms. The number of benzene rings is 1. The zero-order valence-corrected chi connectivity index (χ0v) is 13.2. The van der Waals surface area contributed by atoms with E-state index in [-0.39, 0.29) is 37.2 Å². The van der Waals surface area contributed by atoms with Gasteiger partial charge in [-0.25, -0.2) is 8.78 Å². The molecule has 3 rings (SSSR count). The summed E-state index contributed by atoms with van der Waals surface area (Å²) < 4.78 is 26.2. The van der Waals surface area contributed by atoms with Crippen molar-refractivity contribution in [3.05, 3.63) is 35.4 Å². The number of amides is 3. The molecule has 2 saturated heterocycles. The van der Waals surface area contributed by atoms with Crippen LogP contribution in [0.4, 0.5) is 8.78 Å². The van der Waals surface area contributed by atoms with E-state index >= 15 is 0 Å². The van der Waals surface area contributed by atoms with E-state index in [1.165, 1.54) is 20.8 Å². The van der Waals surface area contributed by atoms with E-state index in [0.717, 1.165) is 12.1 Å². The molecule has 2 aliphatic rings. The van der Waals surface area contributed by atoms with Gasteiger partial charge in [-0.15, -0.1) is 0 Å². The van der Waals surface area contributed by atoms with Crippen LogP contribution in [0.25, 0.3) is 0 Å². The van der Waals surface area contributed by atoms with Crippen molar-refractivity contribution in [1.29, 1.82) is 0 Å². The number of hydrogen-bond donors (Lipinski definition) is 0. The summed E-state index contributed by atoms with van der Waals surface area (Å²) in [6.45, 7) is 0.796. The number of fused-ring (bicyclic) bond motifs is 1. The van der Waals surface area contributed by atoms with Crippen molar-refractivity contribution in [3.63, 3.8) is 0 Å². The van der Waals surface area contributed by atoms with Crippen LogP contribution >= 0.6 is 0 Å². The molecule has 0 bridgehead atoms. The molecule has 8 heteroatoms. The van der Waals surface area contributed by atoms with E-state index < -0.39 is 17.7 Å². The second-order valence-electron chi connectivity index (χ2n) is 6.06. The van der Waals surface area contributed by atoms with Crippen LogP contribution in [0.15, 0.2) is 18.2 Å². The Kier molecular flexibility index (Phi) is 4.21. The lowest BCUT2D eigenvalue weighted by Crippen LogP contribution is -2.66. The highest BCUT2D eigenvalue weighted by molar-refractivity contribution is 5.95. The Morgan fingerprint density at radius 2 is 1.96 bits per heavy atom. The molecule has 1 aromatic rings. The molecular formula is C16H17F2N3O3. The summed E-state index contributed by atoms with van der Waals surface area (Å²) >= 11 is 0. The number of carbonyl (C=O) groups excluding carboxylic acids is 3. The number of halogens is 2. The summed E-state index contributed by atoms with van der Waals surface area (Å²) in [7, 11) is 1.56. The second-order valence-corrected chi connectivity index (χ2v) is 6.06. The molecule has 0 N–H and O–H groups in total. The van der Waals surface area contributed by atoms with Crippen molar-refractivity contribution in [1.82, 2.24) is 14.7 Å². The molecule has 0 saturated carbocycles. The summed E-state index contributed by atoms with van der Waals surface area (Å²) in [6, 6.07) is 2.66. The number of hydrogen-bond acceptors (Lipinski definition) is 3. The minimum atomic E-state index is -1.00. The Labute approximate surface area is 137 Å². The van der Waals surface area contributed by atoms with Crippen LogP contribution < -0.4 is 0 Å². The van der Waals surface area contributed by atoms with Gasteiger partial charge in [0, 0.05) is 20.1 Å². The maximum Gasteiger partial charge on any atom is 0.247 e. The van der Waals surface area contributed by atoms with Gasteiger partial charge in [-0.2, -0.15) is 0 Å². The van der Waals surface area contributed by atoms with Gasteiger partial charge in [-0.1, -0.05) is 6.07 Å². The van der Waals surface area contributed by atoms with Crippen LogP contribution in [-0.4, -0.2) is 71.7 Å². The fourth-order valence-electron chi connectivity index (χ4n) is 3.08. The molecule has 1 atom stereocenters. The average Bonchev–Trinajstić information content (AvgIpc) is 2.55. The van der Waals surface area contributed by atoms with Gasteiger partial charge in [-0.05, 0) is 17.7 Å². The molecule has 0 radical (unpaired) electrons. The van der Waals surface area contributed by atoms with Crippen molar-refractivity contribution in [2.45, 2.75) is 12.5 Å². The van der Waals surface area contributed by atoms with Crippen molar-refractivity contribution in [2.75, 3.05) is 33.2 Å². The van der Waals surface area contributed by atoms with Crippen LogP contribution in [0.2, 0.25) is 0 Å². The van der Waals surface area contributed by atoms with E-state index in [0.29, 0.717) is 18.7 Å². The van der Waals surface area contributed by atoms with E-state index in [1.807, 2.05) is 0 Å². The van der Waals surface area contributed by atoms with Crippen LogP contribution in [-0.2, 0) is 20.8 Å². The van der Waals surface area contributed by atoms with Gasteiger partial charge in [-0.3, -0.25) is 14.4 Å². The first-order valence-corrected chi connectivity index (χ1v) is 7.63. The maximum atomic E-state index is 13.2. The second kappa shape index (κ2) is 6.18. The van der Waals surface area contributed by atoms with Crippen LogP contribution in [0.5, 0.6) is 0 Å². The zero-order chi connectivity index (χ0) is 17.4. The molecule has 2 heterocycles. The molecule has 128 valence electrons. The lowest BCUT2D eigenvalue weighted by molar-refractivity contribution is -0.160. The van der Waals surface area contributed by atoms with Crippen LogP contribution in [0.3, 0.4) is 0 Å². The first kappa shape index (κ1) is 16.4. The number of rotatable bonds is 2. The molecule has 0 aromatic heterocycles. The van der Waals surface area contributed by atoms with Crippen molar-refractivity contribution >= 4 is 17.7 Å². The standard InChI is InChI=1S/C16H17F2N3O3/c1-19-9-15(23)21-5-4-20(8-13(21)16(19)24)14(22)7-10-2-3-11(17)12(18)6-10/h2-3,6,13H,4-5,7-9H2,1H3/t13-/m1/s1. The number of carbonyl (C=O) groups is 3. The summed E-state index contributed by atoms with van der Waals surface area (Å²) in [5, 5.41) is 0. The highest BCUT2D eigenvalue weighted by atomic mass is 19.2. The van der Waals surface area contributed by atoms with Crippen LogP contribution in [0.1, 0.15) is 5.56 Å². The van der Waals surface area contributed by atoms with E-state index in [2.05, 4.69) is 0 Å². The SMILES string of the molecule is CN1CC(=O)N2CCN(C(=O)Cc3ccc(F)c(F)c3)C[C@@H]2C1=O. The molecule has 6 nitrogen and oxygen atoms in total. The molecule has 2 aliphatic heterocycles. The van der Waals surface area contributed by atoms with Gasteiger partial charge in [0.05, 0.1) is 19.5 Å². The third kappa shape index (κ3) is 2.95. The summed E-state index contributed by atoms with van der Waals surface area (Å²) in [5.74, 6) is -2.57. The molecule has 0 unspecified atom stereocenters. The van der Waals surface area contributed by atoms with Crippen molar-refractivity contribution in [3.8, 4) is 0 Å². The smallest absolute Gasteiger partial charge is 0.247 e. The van der Waals surface area contributed by atoms with Gasteiger partial charge >= 0.3 is 0 Å². The Bertz CT molecular complexity index is 710. The van der Waals surface area contributed by atoms with Crippen molar-refractivity contribution < 1.29 is 23.2 Å². The zero-order valence-electron chi connectivity index (χ0n) is 13.2. The molecule has 0 aliphatic carbocycles. The average molecular weight is 337 g/mol. The highest BCUT2D eigenvalue weighted by Crippen LogP contribution is 2.18. The van der Waals surface area contributed by atoms with Gasteiger partial charge < -0.3 is 14.7 Å². The number of piperazine rings is 2. The first-order valence-electron chi connectivity index (χ1n) is 7.63. The Balaban J connectivity index is 1.69. The summed E-state index contributed by atoms with van der Waals surface area (Å²) in [6.07, 6.45) is -0.0815. The number of nitrogens with zero attached hydrogens (tertiary/aromatic N) is 3. The number of likely N-dealkylation sites (N-methyl/N-ethyl adjacent to an activating group) is 1. The molecule has 3 amide bonds. The first-order chi connectivity index (χ1) is 11.4. The molecular weight excluding hydrogens is 320 g/mol. The predicted octanol–water partition coefficient (Wildman–Crippen LogP) is 0.0187. The molecule has 2 fully saturated rings. The Morgan fingerprint density at radius 1 is 1.21 bits per heavy atom. The van der Waals surface area contributed by atoms with Gasteiger partial charge in [0.25, 0.3) is 0 Å². The predicted molar refractivity (Wildman–Crippen MR) is 79.8 cm³/mol. The van der Waals surface area contributed by atoms with Gasteiger partial charge in [0.2, 0.25) is 17.7 Å². The normalized spacial score (nSPS) is 21.1. The minimum absolute atomic E-state index is 0.0537. The van der Waals surface area contributed by atoms with Crippen molar-refractivity contribution in [2.24, 2.45) is 0 Å². The lowest BCUT2D eigenvalue weighted by atomic mass is 10.1. The fraction of sp³-hybridized carbons (Fsp3) is 0.438. The third-order valence-corrected chi connectivity index (χ3v) is 4.43. The largest absolute Gasteiger partial charge is 0.338 e. The van der Waals surface area contributed by atoms with Gasteiger partial charge in [0.1, 0.15) is 6.04 Å². The van der Waals surface area contributed by atoms with Crippen LogP contribution in [0, 0.1) is 11.6 Å². The maximum absolute atomic E-state index is 13.2. The molecule has 0 spiro atoms. The highest BCUT2D eigenvalue weighted by Gasteiger charge is 2.42. The van der Waals surface area contributed by atoms with E-state index in [4.69, 9.17) is 0 Å². The Morgan fingerprint density at radius 3 is 2.67 bits per heavy atom. The monoisotopic (exact) mass is 337 g/mol. The van der Waals surface area contributed by atoms with E-state index in [1.54, 1.807) is 7.05 Å². The topological polar surface area (TPSA) is 60.9 Å². The fourth-order valence-corrected chi connectivity index (χ4v) is 3.08. The lowest BCUT2D eigenvalue weighted by Gasteiger charge is -2.45. The molecule has 1 aromatic carbocycles. The minimum Gasteiger partial charge on any atom is -0.338 e. The quantitative estimate of drug-likeness (QED) is 0.764. The Hall–Kier alpha value is -2.51. The summed E-state index contributed by atoms with van der Waals surface area (Å²) in [5.41, 5.74) is 0.365. The third-order valence-electron chi connectivity index (χ3n) is 4.43.